The number of hydrogen-bond donors (Lipinski definition) is 2. The van der Waals surface area contributed by atoms with Gasteiger partial charge in [-0.25, -0.2) is 0 Å². The molecule has 17 heavy (non-hydrogen) atoms. The summed E-state index contributed by atoms with van der Waals surface area (Å²) in [7, 11) is 0. The molecule has 1 saturated heterocycles. The van der Waals surface area contributed by atoms with Crippen LogP contribution >= 0.6 is 0 Å². The molecule has 1 rings (SSSR count). The fraction of sp³-hybridized carbons (Fsp3) is 0.846. The third kappa shape index (κ3) is 4.07. The Hall–Kier alpha value is -0.420. The van der Waals surface area contributed by atoms with Crippen molar-refractivity contribution in [1.29, 1.82) is 0 Å². The minimum Gasteiger partial charge on any atom is -0.379 e. The molecule has 3 N–H and O–H groups in total. The molecular weight excluding hydrogens is 214 g/mol. The van der Waals surface area contributed by atoms with Gasteiger partial charge in [0.1, 0.15) is 0 Å². The van der Waals surface area contributed by atoms with Gasteiger partial charge in [-0.15, -0.1) is 6.58 Å². The number of hydrazine groups is 1. The van der Waals surface area contributed by atoms with Gasteiger partial charge in [-0.1, -0.05) is 5.57 Å². The molecule has 4 nitrogen and oxygen atoms in total. The van der Waals surface area contributed by atoms with E-state index in [0.29, 0.717) is 0 Å². The molecular formula is C13H27N3O. The fourth-order valence-corrected chi connectivity index (χ4v) is 2.39. The highest BCUT2D eigenvalue weighted by Crippen LogP contribution is 2.24. The van der Waals surface area contributed by atoms with Crippen molar-refractivity contribution < 1.29 is 4.74 Å². The van der Waals surface area contributed by atoms with Crippen LogP contribution in [0.4, 0.5) is 0 Å². The SMILES string of the molecule is C=C(C)CCC(NN)C(C)(C)N1CCOCC1. The van der Waals surface area contributed by atoms with Crippen molar-refractivity contribution in [3.8, 4) is 0 Å². The van der Waals surface area contributed by atoms with Crippen molar-refractivity contribution in [1.82, 2.24) is 10.3 Å². The zero-order valence-electron chi connectivity index (χ0n) is 11.5. The highest BCUT2D eigenvalue weighted by molar-refractivity contribution is 4.97. The smallest absolute Gasteiger partial charge is 0.0594 e. The number of ether oxygens (including phenoxy) is 1. The van der Waals surface area contributed by atoms with Gasteiger partial charge in [-0.05, 0) is 33.6 Å². The average Bonchev–Trinajstić information content (AvgIpc) is 2.30. The molecule has 0 aromatic rings. The maximum atomic E-state index is 5.71. The van der Waals surface area contributed by atoms with Crippen LogP contribution in [0.5, 0.6) is 0 Å². The van der Waals surface area contributed by atoms with Crippen molar-refractivity contribution in [2.45, 2.75) is 45.2 Å². The lowest BCUT2D eigenvalue weighted by Gasteiger charge is -2.45. The molecule has 0 aromatic heterocycles. The van der Waals surface area contributed by atoms with Crippen LogP contribution in [0.2, 0.25) is 0 Å². The molecule has 0 aromatic carbocycles. The topological polar surface area (TPSA) is 50.5 Å². The summed E-state index contributed by atoms with van der Waals surface area (Å²) in [5.41, 5.74) is 4.23. The van der Waals surface area contributed by atoms with Crippen molar-refractivity contribution in [3.05, 3.63) is 12.2 Å². The van der Waals surface area contributed by atoms with E-state index in [0.717, 1.165) is 39.1 Å². The molecule has 0 spiro atoms. The monoisotopic (exact) mass is 241 g/mol. The molecule has 0 amide bonds. The lowest BCUT2D eigenvalue weighted by atomic mass is 9.88. The Labute approximate surface area is 105 Å². The summed E-state index contributed by atoms with van der Waals surface area (Å²) in [4.78, 5) is 2.46. The molecule has 4 heteroatoms. The fourth-order valence-electron chi connectivity index (χ4n) is 2.39. The molecule has 1 atom stereocenters. The first-order chi connectivity index (χ1) is 7.98. The van der Waals surface area contributed by atoms with Gasteiger partial charge in [0.25, 0.3) is 0 Å². The first-order valence-corrected chi connectivity index (χ1v) is 6.41. The summed E-state index contributed by atoms with van der Waals surface area (Å²) in [6.45, 7) is 14.1. The number of nitrogens with two attached hydrogens (primary N) is 1. The maximum Gasteiger partial charge on any atom is 0.0594 e. The van der Waals surface area contributed by atoms with Crippen LogP contribution in [-0.2, 0) is 4.74 Å². The van der Waals surface area contributed by atoms with E-state index in [-0.39, 0.29) is 11.6 Å². The summed E-state index contributed by atoms with van der Waals surface area (Å²) in [6.07, 6.45) is 2.04. The van der Waals surface area contributed by atoms with Crippen molar-refractivity contribution in [2.24, 2.45) is 5.84 Å². The van der Waals surface area contributed by atoms with Gasteiger partial charge < -0.3 is 4.74 Å². The molecule has 1 aliphatic heterocycles. The second kappa shape index (κ2) is 6.50. The third-order valence-corrected chi connectivity index (χ3v) is 3.74. The predicted molar refractivity (Wildman–Crippen MR) is 71.6 cm³/mol. The van der Waals surface area contributed by atoms with Crippen molar-refractivity contribution in [3.63, 3.8) is 0 Å². The third-order valence-electron chi connectivity index (χ3n) is 3.74. The Balaban J connectivity index is 2.59. The zero-order valence-corrected chi connectivity index (χ0v) is 11.5. The lowest BCUT2D eigenvalue weighted by molar-refractivity contribution is -0.0243. The average molecular weight is 241 g/mol. The number of hydrogen-bond acceptors (Lipinski definition) is 4. The van der Waals surface area contributed by atoms with Gasteiger partial charge in [0, 0.05) is 24.7 Å². The van der Waals surface area contributed by atoms with Crippen molar-refractivity contribution in [2.75, 3.05) is 26.3 Å². The van der Waals surface area contributed by atoms with Crippen LogP contribution in [0, 0.1) is 0 Å². The summed E-state index contributed by atoms with van der Waals surface area (Å²) in [5, 5.41) is 0. The second-order valence-electron chi connectivity index (χ2n) is 5.47. The summed E-state index contributed by atoms with van der Waals surface area (Å²) in [6, 6.07) is 0.275. The minimum atomic E-state index is 0.0496. The van der Waals surface area contributed by atoms with Gasteiger partial charge in [0.05, 0.1) is 13.2 Å². The van der Waals surface area contributed by atoms with E-state index >= 15 is 0 Å². The second-order valence-corrected chi connectivity index (χ2v) is 5.47. The van der Waals surface area contributed by atoms with Crippen LogP contribution in [0.3, 0.4) is 0 Å². The van der Waals surface area contributed by atoms with Crippen LogP contribution in [0.15, 0.2) is 12.2 Å². The van der Waals surface area contributed by atoms with Gasteiger partial charge in [-0.2, -0.15) is 0 Å². The molecule has 100 valence electrons. The Morgan fingerprint density at radius 3 is 2.53 bits per heavy atom. The van der Waals surface area contributed by atoms with Crippen LogP contribution in [-0.4, -0.2) is 42.8 Å². The van der Waals surface area contributed by atoms with Crippen LogP contribution in [0.25, 0.3) is 0 Å². The highest BCUT2D eigenvalue weighted by atomic mass is 16.5. The lowest BCUT2D eigenvalue weighted by Crippen LogP contribution is -2.61. The number of nitrogens with zero attached hydrogens (tertiary/aromatic N) is 1. The van der Waals surface area contributed by atoms with Gasteiger partial charge >= 0.3 is 0 Å². The molecule has 0 bridgehead atoms. The van der Waals surface area contributed by atoms with E-state index in [4.69, 9.17) is 10.6 Å². The van der Waals surface area contributed by atoms with Crippen molar-refractivity contribution >= 4 is 0 Å². The predicted octanol–water partition coefficient (Wildman–Crippen LogP) is 1.29. The first kappa shape index (κ1) is 14.6. The maximum absolute atomic E-state index is 5.71. The molecule has 1 unspecified atom stereocenters. The quantitative estimate of drug-likeness (QED) is 0.418. The number of morpholine rings is 1. The number of allylic oxidation sites excluding steroid dienone is 1. The summed E-state index contributed by atoms with van der Waals surface area (Å²) in [5.74, 6) is 5.71. The van der Waals surface area contributed by atoms with E-state index in [1.54, 1.807) is 0 Å². The normalized spacial score (nSPS) is 20.2. The van der Waals surface area contributed by atoms with Crippen LogP contribution < -0.4 is 11.3 Å². The Morgan fingerprint density at radius 1 is 1.47 bits per heavy atom. The molecule has 0 radical (unpaired) electrons. The molecule has 0 saturated carbocycles. The zero-order chi connectivity index (χ0) is 12.9. The molecule has 1 heterocycles. The molecule has 1 fully saturated rings. The Bertz CT molecular complexity index is 247. The molecule has 0 aliphatic carbocycles. The number of nitrogens with one attached hydrogen (secondary N) is 1. The largest absolute Gasteiger partial charge is 0.379 e. The van der Waals surface area contributed by atoms with E-state index in [1.165, 1.54) is 5.57 Å². The van der Waals surface area contributed by atoms with E-state index < -0.39 is 0 Å². The Morgan fingerprint density at radius 2 is 2.06 bits per heavy atom. The molecule has 1 aliphatic rings. The standard InChI is InChI=1S/C13H27N3O/c1-11(2)5-6-12(15-14)13(3,4)16-7-9-17-10-8-16/h12,15H,1,5-10,14H2,2-4H3. The van der Waals surface area contributed by atoms with E-state index in [9.17, 15) is 0 Å². The minimum absolute atomic E-state index is 0.0496. The first-order valence-electron chi connectivity index (χ1n) is 6.41. The van der Waals surface area contributed by atoms with E-state index in [1.807, 2.05) is 0 Å². The summed E-state index contributed by atoms with van der Waals surface area (Å²) < 4.78 is 5.40. The highest BCUT2D eigenvalue weighted by Gasteiger charge is 2.35. The summed E-state index contributed by atoms with van der Waals surface area (Å²) >= 11 is 0. The van der Waals surface area contributed by atoms with Gasteiger partial charge in [0.15, 0.2) is 0 Å². The van der Waals surface area contributed by atoms with E-state index in [2.05, 4.69) is 37.7 Å². The van der Waals surface area contributed by atoms with Crippen LogP contribution in [0.1, 0.15) is 33.6 Å². The Kier molecular flexibility index (Phi) is 5.59. The number of rotatable bonds is 6. The van der Waals surface area contributed by atoms with Gasteiger partial charge in [-0.3, -0.25) is 16.2 Å². The van der Waals surface area contributed by atoms with Gasteiger partial charge in [0.2, 0.25) is 0 Å².